The number of hydrogen-bond donors (Lipinski definition) is 2. The molecule has 1 rings (SSSR count). The Morgan fingerprint density at radius 3 is 2.75 bits per heavy atom. The molecule has 20 heavy (non-hydrogen) atoms. The predicted molar refractivity (Wildman–Crippen MR) is 73.1 cm³/mol. The maximum atomic E-state index is 13.8. The van der Waals surface area contributed by atoms with Crippen molar-refractivity contribution in [1.29, 1.82) is 0 Å². The number of carbonyl (C=O) groups is 1. The van der Waals surface area contributed by atoms with Crippen LogP contribution in [-0.2, 0) is 15.5 Å². The maximum absolute atomic E-state index is 13.8. The van der Waals surface area contributed by atoms with Gasteiger partial charge in [0.05, 0.1) is 6.61 Å². The van der Waals surface area contributed by atoms with Crippen LogP contribution >= 0.6 is 11.6 Å². The summed E-state index contributed by atoms with van der Waals surface area (Å²) in [6.07, 6.45) is 0. The predicted octanol–water partition coefficient (Wildman–Crippen LogP) is 1.78. The van der Waals surface area contributed by atoms with E-state index >= 15 is 0 Å². The first kappa shape index (κ1) is 16.8. The van der Waals surface area contributed by atoms with Crippen molar-refractivity contribution in [2.75, 3.05) is 33.4 Å². The molecule has 0 aliphatic heterocycles. The van der Waals surface area contributed by atoms with Gasteiger partial charge in [0.1, 0.15) is 0 Å². The smallest absolute Gasteiger partial charge is 0.349 e. The molecule has 0 fully saturated rings. The van der Waals surface area contributed by atoms with Gasteiger partial charge in [0.15, 0.2) is 0 Å². The van der Waals surface area contributed by atoms with Crippen molar-refractivity contribution in [1.82, 2.24) is 10.6 Å². The summed E-state index contributed by atoms with van der Waals surface area (Å²) in [5.74, 6) is -4.94. The summed E-state index contributed by atoms with van der Waals surface area (Å²) < 4.78 is 32.5. The first-order valence-electron chi connectivity index (χ1n) is 6.10. The van der Waals surface area contributed by atoms with Gasteiger partial charge in [-0.3, -0.25) is 4.79 Å². The van der Waals surface area contributed by atoms with Crippen molar-refractivity contribution in [3.63, 3.8) is 0 Å². The van der Waals surface area contributed by atoms with Crippen molar-refractivity contribution in [2.24, 2.45) is 0 Å². The van der Waals surface area contributed by atoms with Crippen LogP contribution in [-0.4, -0.2) is 39.3 Å². The lowest BCUT2D eigenvalue weighted by Crippen LogP contribution is -2.41. The molecule has 0 aliphatic rings. The summed E-state index contributed by atoms with van der Waals surface area (Å²) in [5, 5.41) is 5.28. The van der Waals surface area contributed by atoms with E-state index in [0.717, 1.165) is 6.07 Å². The van der Waals surface area contributed by atoms with Crippen LogP contribution in [0.25, 0.3) is 0 Å². The van der Waals surface area contributed by atoms with Gasteiger partial charge in [-0.2, -0.15) is 8.78 Å². The number of benzene rings is 1. The van der Waals surface area contributed by atoms with Crippen LogP contribution < -0.4 is 10.6 Å². The Morgan fingerprint density at radius 1 is 1.35 bits per heavy atom. The van der Waals surface area contributed by atoms with E-state index in [1.54, 1.807) is 7.11 Å². The largest absolute Gasteiger partial charge is 0.383 e. The van der Waals surface area contributed by atoms with Crippen molar-refractivity contribution in [3.8, 4) is 0 Å². The third-order valence-corrected chi connectivity index (χ3v) is 2.78. The summed E-state index contributed by atoms with van der Waals surface area (Å²) in [6.45, 7) is 1.61. The van der Waals surface area contributed by atoms with Gasteiger partial charge in [-0.15, -0.1) is 0 Å². The van der Waals surface area contributed by atoms with Crippen LogP contribution in [0.1, 0.15) is 5.56 Å². The molecule has 7 heteroatoms. The Kier molecular flexibility index (Phi) is 6.84. The fourth-order valence-electron chi connectivity index (χ4n) is 1.49. The number of ether oxygens (including phenoxy) is 1. The highest BCUT2D eigenvalue weighted by atomic mass is 35.5. The summed E-state index contributed by atoms with van der Waals surface area (Å²) in [5.41, 5.74) is -0.421. The van der Waals surface area contributed by atoms with Gasteiger partial charge in [-0.25, -0.2) is 0 Å². The average Bonchev–Trinajstić information content (AvgIpc) is 2.42. The molecule has 0 radical (unpaired) electrons. The molecule has 0 saturated heterocycles. The average molecular weight is 307 g/mol. The quantitative estimate of drug-likeness (QED) is 0.720. The highest BCUT2D eigenvalue weighted by molar-refractivity contribution is 6.30. The van der Waals surface area contributed by atoms with Crippen LogP contribution in [0.4, 0.5) is 8.78 Å². The molecule has 0 bridgehead atoms. The minimum atomic E-state index is -3.60. The van der Waals surface area contributed by atoms with E-state index < -0.39 is 17.4 Å². The second kappa shape index (κ2) is 8.14. The topological polar surface area (TPSA) is 50.4 Å². The number of amides is 1. The Labute approximate surface area is 121 Å². The van der Waals surface area contributed by atoms with Crippen molar-refractivity contribution >= 4 is 17.5 Å². The zero-order valence-electron chi connectivity index (χ0n) is 11.1. The van der Waals surface area contributed by atoms with Gasteiger partial charge in [0, 0.05) is 37.3 Å². The molecule has 0 spiro atoms. The monoisotopic (exact) mass is 306 g/mol. The number of hydrogen-bond acceptors (Lipinski definition) is 3. The van der Waals surface area contributed by atoms with E-state index in [1.807, 2.05) is 0 Å². The van der Waals surface area contributed by atoms with Crippen LogP contribution in [0.5, 0.6) is 0 Å². The third-order valence-electron chi connectivity index (χ3n) is 2.54. The van der Waals surface area contributed by atoms with E-state index in [-0.39, 0.29) is 11.6 Å². The van der Waals surface area contributed by atoms with Gasteiger partial charge in [-0.05, 0) is 12.1 Å². The summed E-state index contributed by atoms with van der Waals surface area (Å²) in [6, 6.07) is 5.10. The summed E-state index contributed by atoms with van der Waals surface area (Å²) in [4.78, 5) is 11.5. The molecule has 1 aromatic carbocycles. The van der Waals surface area contributed by atoms with E-state index in [0.29, 0.717) is 19.7 Å². The number of alkyl halides is 2. The molecule has 0 saturated carbocycles. The second-order valence-corrected chi connectivity index (χ2v) is 4.52. The first-order valence-corrected chi connectivity index (χ1v) is 6.48. The molecular weight excluding hydrogens is 290 g/mol. The number of rotatable bonds is 8. The number of halogens is 3. The second-order valence-electron chi connectivity index (χ2n) is 4.08. The number of methoxy groups -OCH3 is 1. The third kappa shape index (κ3) is 5.03. The molecular formula is C13H17ClF2N2O2. The lowest BCUT2D eigenvalue weighted by atomic mass is 10.1. The molecule has 2 N–H and O–H groups in total. The zero-order chi connectivity index (χ0) is 15.0. The Morgan fingerprint density at radius 2 is 2.10 bits per heavy atom. The van der Waals surface area contributed by atoms with Gasteiger partial charge >= 0.3 is 5.92 Å². The number of nitrogens with one attached hydrogen (secondary N) is 2. The van der Waals surface area contributed by atoms with E-state index in [1.165, 1.54) is 18.2 Å². The van der Waals surface area contributed by atoms with Gasteiger partial charge < -0.3 is 15.4 Å². The minimum absolute atomic E-state index is 0.110. The zero-order valence-corrected chi connectivity index (χ0v) is 11.8. The lowest BCUT2D eigenvalue weighted by molar-refractivity contribution is -0.146. The maximum Gasteiger partial charge on any atom is 0.349 e. The molecule has 0 atom stereocenters. The number of carbonyl (C=O) groups excluding carboxylic acids is 1. The van der Waals surface area contributed by atoms with Crippen LogP contribution in [0.2, 0.25) is 5.02 Å². The van der Waals surface area contributed by atoms with Gasteiger partial charge in [0.25, 0.3) is 5.91 Å². The van der Waals surface area contributed by atoms with Crippen molar-refractivity contribution in [3.05, 3.63) is 34.9 Å². The normalized spacial score (nSPS) is 11.4. The SMILES string of the molecule is COCCNCCNC(=O)C(F)(F)c1cccc(Cl)c1. The standard InChI is InChI=1S/C13H17ClF2N2O2/c1-20-8-7-17-5-6-18-12(19)13(15,16)10-3-2-4-11(14)9-10/h2-4,9,17H,5-8H2,1H3,(H,18,19). The van der Waals surface area contributed by atoms with Crippen LogP contribution in [0.3, 0.4) is 0 Å². The van der Waals surface area contributed by atoms with E-state index in [4.69, 9.17) is 16.3 Å². The van der Waals surface area contributed by atoms with E-state index in [2.05, 4.69) is 10.6 Å². The molecule has 1 aromatic rings. The minimum Gasteiger partial charge on any atom is -0.383 e. The van der Waals surface area contributed by atoms with Crippen LogP contribution in [0, 0.1) is 0 Å². The summed E-state index contributed by atoms with van der Waals surface area (Å²) in [7, 11) is 1.56. The Hall–Kier alpha value is -1.24. The first-order chi connectivity index (χ1) is 9.48. The highest BCUT2D eigenvalue weighted by Gasteiger charge is 2.40. The molecule has 0 heterocycles. The fourth-order valence-corrected chi connectivity index (χ4v) is 1.68. The molecule has 112 valence electrons. The summed E-state index contributed by atoms with van der Waals surface area (Å²) >= 11 is 5.64. The fraction of sp³-hybridized carbons (Fsp3) is 0.462. The van der Waals surface area contributed by atoms with Crippen molar-refractivity contribution < 1.29 is 18.3 Å². The van der Waals surface area contributed by atoms with E-state index in [9.17, 15) is 13.6 Å². The van der Waals surface area contributed by atoms with Gasteiger partial charge in [0.2, 0.25) is 0 Å². The molecule has 1 amide bonds. The molecule has 0 aromatic heterocycles. The molecule has 0 unspecified atom stereocenters. The van der Waals surface area contributed by atoms with Gasteiger partial charge in [-0.1, -0.05) is 23.7 Å². The Bertz CT molecular complexity index is 444. The lowest BCUT2D eigenvalue weighted by Gasteiger charge is -2.16. The van der Waals surface area contributed by atoms with Crippen LogP contribution in [0.15, 0.2) is 24.3 Å². The highest BCUT2D eigenvalue weighted by Crippen LogP contribution is 2.29. The Balaban J connectivity index is 2.45. The van der Waals surface area contributed by atoms with Crippen molar-refractivity contribution in [2.45, 2.75) is 5.92 Å². The molecule has 4 nitrogen and oxygen atoms in total. The molecule has 0 aliphatic carbocycles.